The zero-order valence-corrected chi connectivity index (χ0v) is 10.2. The van der Waals surface area contributed by atoms with Gasteiger partial charge in [0.25, 0.3) is 0 Å². The average Bonchev–Trinajstić information content (AvgIpc) is 2.67. The van der Waals surface area contributed by atoms with Crippen LogP contribution in [0.4, 0.5) is 0 Å². The lowest BCUT2D eigenvalue weighted by atomic mass is 9.80. The summed E-state index contributed by atoms with van der Waals surface area (Å²) in [6, 6.07) is 0. The van der Waals surface area contributed by atoms with Crippen LogP contribution < -0.4 is 5.32 Å². The summed E-state index contributed by atoms with van der Waals surface area (Å²) >= 11 is 0. The van der Waals surface area contributed by atoms with Gasteiger partial charge >= 0.3 is 0 Å². The summed E-state index contributed by atoms with van der Waals surface area (Å²) < 4.78 is 0. The van der Waals surface area contributed by atoms with Gasteiger partial charge in [-0.1, -0.05) is 26.2 Å². The fraction of sp³-hybridized carbons (Fsp3) is 0.909. The van der Waals surface area contributed by atoms with Gasteiger partial charge in [-0.3, -0.25) is 0 Å². The monoisotopic (exact) mass is 223 g/mol. The molecule has 1 aliphatic carbocycles. The molecular weight excluding hydrogens is 202 g/mol. The van der Waals surface area contributed by atoms with E-state index >= 15 is 0 Å². The van der Waals surface area contributed by atoms with Gasteiger partial charge in [0.15, 0.2) is 5.82 Å². The molecule has 0 aliphatic heterocycles. The van der Waals surface area contributed by atoms with Crippen LogP contribution in [0.1, 0.15) is 38.4 Å². The van der Waals surface area contributed by atoms with Gasteiger partial charge in [0, 0.05) is 0 Å². The van der Waals surface area contributed by atoms with Gasteiger partial charge in [0.2, 0.25) is 0 Å². The van der Waals surface area contributed by atoms with Crippen LogP contribution in [0.2, 0.25) is 0 Å². The van der Waals surface area contributed by atoms with Crippen molar-refractivity contribution in [2.75, 3.05) is 6.54 Å². The van der Waals surface area contributed by atoms with Gasteiger partial charge in [-0.15, -0.1) is 10.2 Å². The maximum atomic E-state index is 4.14. The highest BCUT2D eigenvalue weighted by molar-refractivity contribution is 4.78. The van der Waals surface area contributed by atoms with E-state index in [1.807, 2.05) is 0 Å². The topological polar surface area (TPSA) is 55.6 Å². The van der Waals surface area contributed by atoms with E-state index in [1.54, 1.807) is 7.05 Å². The number of aromatic nitrogens is 4. The minimum atomic E-state index is 0.733. The van der Waals surface area contributed by atoms with Crippen molar-refractivity contribution in [3.8, 4) is 0 Å². The highest BCUT2D eigenvalue weighted by Crippen LogP contribution is 2.28. The predicted octanol–water partition coefficient (Wildman–Crippen LogP) is 1.13. The second kappa shape index (κ2) is 5.39. The Morgan fingerprint density at radius 1 is 1.38 bits per heavy atom. The van der Waals surface area contributed by atoms with Crippen molar-refractivity contribution < 1.29 is 0 Å². The molecular formula is C11H21N5. The van der Waals surface area contributed by atoms with Gasteiger partial charge in [0.05, 0.1) is 13.6 Å². The van der Waals surface area contributed by atoms with E-state index in [1.165, 1.54) is 30.5 Å². The molecule has 0 spiro atoms. The second-order valence-electron chi connectivity index (χ2n) is 4.85. The molecule has 0 bridgehead atoms. The lowest BCUT2D eigenvalue weighted by Gasteiger charge is -2.28. The van der Waals surface area contributed by atoms with Crippen LogP contribution in [0.25, 0.3) is 0 Å². The van der Waals surface area contributed by atoms with Gasteiger partial charge in [-0.25, -0.2) is 0 Å². The van der Waals surface area contributed by atoms with Crippen LogP contribution in [0.15, 0.2) is 0 Å². The van der Waals surface area contributed by atoms with Crippen LogP contribution in [-0.2, 0) is 13.6 Å². The molecule has 0 saturated heterocycles. The third-order valence-corrected chi connectivity index (χ3v) is 3.53. The summed E-state index contributed by atoms with van der Waals surface area (Å²) in [6.07, 6.45) is 5.54. The Balaban J connectivity index is 1.71. The molecule has 2 unspecified atom stereocenters. The Hall–Kier alpha value is -0.970. The molecule has 2 atom stereocenters. The molecule has 0 radical (unpaired) electrons. The van der Waals surface area contributed by atoms with Crippen LogP contribution in [0.5, 0.6) is 0 Å². The number of nitrogens with zero attached hydrogens (tertiary/aromatic N) is 4. The smallest absolute Gasteiger partial charge is 0.188 e. The van der Waals surface area contributed by atoms with Crippen molar-refractivity contribution in [2.45, 2.75) is 39.2 Å². The SMILES string of the molecule is CC1CCCCC1CNCc1nnn(C)n1. The third-order valence-electron chi connectivity index (χ3n) is 3.53. The molecule has 1 aliphatic rings. The minimum Gasteiger partial charge on any atom is -0.309 e. The molecule has 0 aromatic carbocycles. The van der Waals surface area contributed by atoms with E-state index in [0.717, 1.165) is 30.7 Å². The molecule has 1 N–H and O–H groups in total. The van der Waals surface area contributed by atoms with Gasteiger partial charge in [0.1, 0.15) is 0 Å². The molecule has 16 heavy (non-hydrogen) atoms. The summed E-state index contributed by atoms with van der Waals surface area (Å²) in [6.45, 7) is 4.18. The zero-order chi connectivity index (χ0) is 11.4. The molecule has 1 saturated carbocycles. The standard InChI is InChI=1S/C11H21N5/c1-9-5-3-4-6-10(9)7-12-8-11-13-15-16(2)14-11/h9-10,12H,3-8H2,1-2H3. The molecule has 1 aromatic heterocycles. The summed E-state index contributed by atoms with van der Waals surface area (Å²) in [5.74, 6) is 2.47. The molecule has 2 rings (SSSR count). The minimum absolute atomic E-state index is 0.733. The van der Waals surface area contributed by atoms with Crippen molar-refractivity contribution in [1.29, 1.82) is 0 Å². The van der Waals surface area contributed by atoms with E-state index in [9.17, 15) is 0 Å². The van der Waals surface area contributed by atoms with Gasteiger partial charge < -0.3 is 5.32 Å². The van der Waals surface area contributed by atoms with E-state index in [2.05, 4.69) is 27.7 Å². The average molecular weight is 223 g/mol. The zero-order valence-electron chi connectivity index (χ0n) is 10.2. The van der Waals surface area contributed by atoms with Crippen LogP contribution in [0, 0.1) is 11.8 Å². The van der Waals surface area contributed by atoms with E-state index in [0.29, 0.717) is 0 Å². The second-order valence-corrected chi connectivity index (χ2v) is 4.85. The van der Waals surface area contributed by atoms with Crippen molar-refractivity contribution in [3.05, 3.63) is 5.82 Å². The van der Waals surface area contributed by atoms with Crippen molar-refractivity contribution >= 4 is 0 Å². The number of hydrogen-bond acceptors (Lipinski definition) is 4. The number of aryl methyl sites for hydroxylation is 1. The maximum Gasteiger partial charge on any atom is 0.188 e. The Bertz CT molecular complexity index is 322. The maximum absolute atomic E-state index is 4.14. The first-order valence-electron chi connectivity index (χ1n) is 6.19. The summed E-state index contributed by atoms with van der Waals surface area (Å²) in [7, 11) is 1.79. The van der Waals surface area contributed by atoms with E-state index in [4.69, 9.17) is 0 Å². The quantitative estimate of drug-likeness (QED) is 0.831. The first kappa shape index (κ1) is 11.5. The van der Waals surface area contributed by atoms with Crippen molar-refractivity contribution in [2.24, 2.45) is 18.9 Å². The lowest BCUT2D eigenvalue weighted by molar-refractivity contribution is 0.247. The van der Waals surface area contributed by atoms with Crippen LogP contribution >= 0.6 is 0 Å². The number of nitrogens with one attached hydrogen (secondary N) is 1. The Labute approximate surface area is 96.6 Å². The molecule has 1 fully saturated rings. The Morgan fingerprint density at radius 3 is 2.88 bits per heavy atom. The van der Waals surface area contributed by atoms with Gasteiger partial charge in [-0.2, -0.15) is 4.80 Å². The number of hydrogen-bond donors (Lipinski definition) is 1. The lowest BCUT2D eigenvalue weighted by Crippen LogP contribution is -2.29. The summed E-state index contributed by atoms with van der Waals surface area (Å²) in [5.41, 5.74) is 0. The summed E-state index contributed by atoms with van der Waals surface area (Å²) in [4.78, 5) is 1.50. The molecule has 5 nitrogen and oxygen atoms in total. The van der Waals surface area contributed by atoms with Gasteiger partial charge in [-0.05, 0) is 30.0 Å². The molecule has 0 amide bonds. The van der Waals surface area contributed by atoms with Crippen molar-refractivity contribution in [3.63, 3.8) is 0 Å². The first-order valence-corrected chi connectivity index (χ1v) is 6.19. The fourth-order valence-electron chi connectivity index (χ4n) is 2.46. The van der Waals surface area contributed by atoms with Crippen molar-refractivity contribution in [1.82, 2.24) is 25.5 Å². The fourth-order valence-corrected chi connectivity index (χ4v) is 2.46. The normalized spacial score (nSPS) is 25.9. The largest absolute Gasteiger partial charge is 0.309 e. The van der Waals surface area contributed by atoms with E-state index in [-0.39, 0.29) is 0 Å². The van der Waals surface area contributed by atoms with Crippen LogP contribution in [0.3, 0.4) is 0 Å². The molecule has 1 heterocycles. The highest BCUT2D eigenvalue weighted by Gasteiger charge is 2.20. The Morgan fingerprint density at radius 2 is 2.19 bits per heavy atom. The highest BCUT2D eigenvalue weighted by atomic mass is 15.6. The summed E-state index contributed by atoms with van der Waals surface area (Å²) in [5, 5.41) is 15.4. The first-order chi connectivity index (χ1) is 7.75. The number of rotatable bonds is 4. The predicted molar refractivity (Wildman–Crippen MR) is 61.6 cm³/mol. The Kier molecular flexibility index (Phi) is 3.88. The third kappa shape index (κ3) is 3.01. The molecule has 1 aromatic rings. The molecule has 5 heteroatoms. The van der Waals surface area contributed by atoms with Crippen LogP contribution in [-0.4, -0.2) is 26.8 Å². The number of tetrazole rings is 1. The van der Waals surface area contributed by atoms with E-state index < -0.39 is 0 Å². The molecule has 90 valence electrons.